The highest BCUT2D eigenvalue weighted by atomic mass is 32.1. The molecule has 0 fully saturated rings. The van der Waals surface area contributed by atoms with Gasteiger partial charge in [0.2, 0.25) is 0 Å². The van der Waals surface area contributed by atoms with Gasteiger partial charge in [0.25, 0.3) is 0 Å². The van der Waals surface area contributed by atoms with Gasteiger partial charge in [-0.25, -0.2) is 0 Å². The van der Waals surface area contributed by atoms with Crippen LogP contribution in [0.1, 0.15) is 44.2 Å². The van der Waals surface area contributed by atoms with Gasteiger partial charge in [0.15, 0.2) is 0 Å². The Labute approximate surface area is 103 Å². The third kappa shape index (κ3) is 4.24. The predicted molar refractivity (Wildman–Crippen MR) is 71.2 cm³/mol. The Bertz CT molecular complexity index is 314. The smallest absolute Gasteiger partial charge is 0.0669 e. The topological polar surface area (TPSA) is 21.3 Å². The maximum Gasteiger partial charge on any atom is 0.0669 e. The molecule has 0 spiro atoms. The van der Waals surface area contributed by atoms with E-state index in [0.29, 0.717) is 6.04 Å². The van der Waals surface area contributed by atoms with E-state index in [9.17, 15) is 0 Å². The molecule has 0 saturated carbocycles. The first-order valence-corrected chi connectivity index (χ1v) is 6.73. The number of hydrogen-bond donors (Lipinski definition) is 1. The van der Waals surface area contributed by atoms with Gasteiger partial charge in [-0.3, -0.25) is 0 Å². The van der Waals surface area contributed by atoms with Gasteiger partial charge in [0, 0.05) is 4.88 Å². The number of likely N-dealkylation sites (N-methyl/N-ethyl adjacent to an activating group) is 1. The Kier molecular flexibility index (Phi) is 4.96. The Morgan fingerprint density at radius 2 is 2.12 bits per heavy atom. The summed E-state index contributed by atoms with van der Waals surface area (Å²) >= 11 is 1.80. The number of hydrogen-bond acceptors (Lipinski definition) is 3. The fraction of sp³-hybridized carbons (Fsp3) is 0.692. The Balaban J connectivity index is 2.65. The van der Waals surface area contributed by atoms with Crippen molar-refractivity contribution in [2.45, 2.75) is 46.3 Å². The normalized spacial score (nSPS) is 14.1. The van der Waals surface area contributed by atoms with E-state index in [4.69, 9.17) is 4.74 Å². The van der Waals surface area contributed by atoms with Crippen LogP contribution in [0.4, 0.5) is 0 Å². The number of thiophene rings is 1. The van der Waals surface area contributed by atoms with Crippen molar-refractivity contribution in [1.29, 1.82) is 0 Å². The molecule has 0 saturated heterocycles. The van der Waals surface area contributed by atoms with Crippen LogP contribution in [0.15, 0.2) is 11.4 Å². The highest BCUT2D eigenvalue weighted by molar-refractivity contribution is 7.10. The van der Waals surface area contributed by atoms with E-state index in [1.807, 2.05) is 0 Å². The Morgan fingerprint density at radius 1 is 1.44 bits per heavy atom. The second kappa shape index (κ2) is 5.80. The number of ether oxygens (including phenoxy) is 1. The van der Waals surface area contributed by atoms with Gasteiger partial charge in [-0.15, -0.1) is 11.3 Å². The maximum absolute atomic E-state index is 5.86. The van der Waals surface area contributed by atoms with E-state index < -0.39 is 0 Å². The van der Waals surface area contributed by atoms with E-state index in [1.165, 1.54) is 10.4 Å². The molecule has 92 valence electrons. The molecule has 1 heterocycles. The summed E-state index contributed by atoms with van der Waals surface area (Å²) in [6.07, 6.45) is 0. The molecule has 3 heteroatoms. The largest absolute Gasteiger partial charge is 0.374 e. The summed E-state index contributed by atoms with van der Waals surface area (Å²) < 4.78 is 5.86. The molecule has 1 N–H and O–H groups in total. The summed E-state index contributed by atoms with van der Waals surface area (Å²) in [5.74, 6) is 0. The second-order valence-electron chi connectivity index (χ2n) is 4.97. The van der Waals surface area contributed by atoms with Crippen molar-refractivity contribution in [2.24, 2.45) is 0 Å². The van der Waals surface area contributed by atoms with Crippen LogP contribution in [-0.2, 0) is 4.74 Å². The van der Waals surface area contributed by atoms with Crippen LogP contribution in [0.3, 0.4) is 0 Å². The van der Waals surface area contributed by atoms with Crippen LogP contribution < -0.4 is 5.32 Å². The highest BCUT2D eigenvalue weighted by Gasteiger charge is 2.18. The molecule has 1 unspecified atom stereocenters. The standard InChI is InChI=1S/C13H23NOS/c1-6-14-12(9-15-13(3,4)5)11-7-8-16-10(11)2/h7-8,12,14H,6,9H2,1-5H3. The molecule has 0 aliphatic heterocycles. The highest BCUT2D eigenvalue weighted by Crippen LogP contribution is 2.24. The average molecular weight is 241 g/mol. The van der Waals surface area contributed by atoms with Gasteiger partial charge in [-0.05, 0) is 51.2 Å². The van der Waals surface area contributed by atoms with E-state index in [2.05, 4.69) is 51.4 Å². The summed E-state index contributed by atoms with van der Waals surface area (Å²) in [5, 5.41) is 5.63. The van der Waals surface area contributed by atoms with Crippen molar-refractivity contribution in [3.8, 4) is 0 Å². The summed E-state index contributed by atoms with van der Waals surface area (Å²) in [4.78, 5) is 1.38. The van der Waals surface area contributed by atoms with E-state index in [-0.39, 0.29) is 5.60 Å². The molecule has 1 atom stereocenters. The molecule has 0 aliphatic rings. The lowest BCUT2D eigenvalue weighted by Crippen LogP contribution is -2.30. The van der Waals surface area contributed by atoms with Crippen LogP contribution in [0.25, 0.3) is 0 Å². The average Bonchev–Trinajstić information content (AvgIpc) is 2.57. The molecular weight excluding hydrogens is 218 g/mol. The van der Waals surface area contributed by atoms with Gasteiger partial charge in [-0.1, -0.05) is 6.92 Å². The Hall–Kier alpha value is -0.380. The van der Waals surface area contributed by atoms with Crippen LogP contribution in [0.5, 0.6) is 0 Å². The van der Waals surface area contributed by atoms with E-state index in [1.54, 1.807) is 11.3 Å². The van der Waals surface area contributed by atoms with Gasteiger partial charge in [-0.2, -0.15) is 0 Å². The van der Waals surface area contributed by atoms with Crippen LogP contribution in [-0.4, -0.2) is 18.8 Å². The van der Waals surface area contributed by atoms with Gasteiger partial charge >= 0.3 is 0 Å². The summed E-state index contributed by atoms with van der Waals surface area (Å²) in [7, 11) is 0. The summed E-state index contributed by atoms with van der Waals surface area (Å²) in [5.41, 5.74) is 1.30. The molecule has 1 aromatic heterocycles. The van der Waals surface area contributed by atoms with Gasteiger partial charge in [0.05, 0.1) is 18.2 Å². The van der Waals surface area contributed by atoms with Gasteiger partial charge in [0.1, 0.15) is 0 Å². The first-order chi connectivity index (χ1) is 7.44. The number of aryl methyl sites for hydroxylation is 1. The third-order valence-electron chi connectivity index (χ3n) is 2.41. The zero-order valence-electron chi connectivity index (χ0n) is 11.0. The molecule has 0 bridgehead atoms. The SMILES string of the molecule is CCNC(COC(C)(C)C)c1ccsc1C. The first kappa shape index (κ1) is 13.7. The van der Waals surface area contributed by atoms with Crippen LogP contribution in [0, 0.1) is 6.92 Å². The second-order valence-corrected chi connectivity index (χ2v) is 6.09. The van der Waals surface area contributed by atoms with Crippen LogP contribution >= 0.6 is 11.3 Å². The van der Waals surface area contributed by atoms with Crippen molar-refractivity contribution in [3.63, 3.8) is 0 Å². The number of nitrogens with one attached hydrogen (secondary N) is 1. The summed E-state index contributed by atoms with van der Waals surface area (Å²) in [6.45, 7) is 12.3. The summed E-state index contributed by atoms with van der Waals surface area (Å²) in [6, 6.07) is 2.51. The van der Waals surface area contributed by atoms with Crippen molar-refractivity contribution in [1.82, 2.24) is 5.32 Å². The molecule has 0 aliphatic carbocycles. The minimum atomic E-state index is -0.0718. The molecular formula is C13H23NOS. The van der Waals surface area contributed by atoms with Crippen molar-refractivity contribution in [2.75, 3.05) is 13.2 Å². The molecule has 1 rings (SSSR count). The quantitative estimate of drug-likeness (QED) is 0.851. The molecule has 0 aromatic carbocycles. The minimum Gasteiger partial charge on any atom is -0.374 e. The molecule has 1 aromatic rings. The Morgan fingerprint density at radius 3 is 2.56 bits per heavy atom. The predicted octanol–water partition coefficient (Wildman–Crippen LogP) is 3.52. The molecule has 2 nitrogen and oxygen atoms in total. The molecule has 0 radical (unpaired) electrons. The van der Waals surface area contributed by atoms with Gasteiger partial charge < -0.3 is 10.1 Å². The van der Waals surface area contributed by atoms with E-state index in [0.717, 1.165) is 13.2 Å². The minimum absolute atomic E-state index is 0.0718. The fourth-order valence-electron chi connectivity index (χ4n) is 1.59. The lowest BCUT2D eigenvalue weighted by Gasteiger charge is -2.25. The third-order valence-corrected chi connectivity index (χ3v) is 3.27. The zero-order valence-corrected chi connectivity index (χ0v) is 11.8. The van der Waals surface area contributed by atoms with E-state index >= 15 is 0 Å². The fourth-order valence-corrected chi connectivity index (χ4v) is 2.36. The van der Waals surface area contributed by atoms with Crippen molar-refractivity contribution in [3.05, 3.63) is 21.9 Å². The number of rotatable bonds is 5. The zero-order chi connectivity index (χ0) is 12.2. The molecule has 0 amide bonds. The van der Waals surface area contributed by atoms with Crippen LogP contribution in [0.2, 0.25) is 0 Å². The first-order valence-electron chi connectivity index (χ1n) is 5.85. The van der Waals surface area contributed by atoms with Crippen molar-refractivity contribution >= 4 is 11.3 Å². The van der Waals surface area contributed by atoms with Crippen molar-refractivity contribution < 1.29 is 4.74 Å². The lowest BCUT2D eigenvalue weighted by molar-refractivity contribution is -0.0146. The monoisotopic (exact) mass is 241 g/mol. The lowest BCUT2D eigenvalue weighted by atomic mass is 10.1. The maximum atomic E-state index is 5.86. The molecule has 16 heavy (non-hydrogen) atoms.